The molecule has 0 radical (unpaired) electrons. The number of hydrazine groups is 1. The average Bonchev–Trinajstić information content (AvgIpc) is 2.95. The van der Waals surface area contributed by atoms with E-state index in [1.807, 2.05) is 62.4 Å². The quantitative estimate of drug-likeness (QED) is 0.402. The SMILES string of the molecule is CCCCNC(=O)N1C2CN(CCc3ccc(OC)cc3)C(=O)[C@H](CC(=O)O)N2C(=O)CN1Cc1ccc(C)cc1. The number of urea groups is 1. The summed E-state index contributed by atoms with van der Waals surface area (Å²) in [6.07, 6.45) is 0.825. The molecule has 0 saturated carbocycles. The van der Waals surface area contributed by atoms with E-state index in [4.69, 9.17) is 4.74 Å². The summed E-state index contributed by atoms with van der Waals surface area (Å²) in [5, 5.41) is 15.8. The van der Waals surface area contributed by atoms with Crippen LogP contribution in [0.1, 0.15) is 42.9 Å². The Balaban J connectivity index is 1.64. The average molecular weight is 566 g/mol. The van der Waals surface area contributed by atoms with Gasteiger partial charge in [0, 0.05) is 19.6 Å². The highest BCUT2D eigenvalue weighted by Crippen LogP contribution is 2.29. The highest BCUT2D eigenvalue weighted by Gasteiger charge is 2.51. The molecule has 2 atom stereocenters. The van der Waals surface area contributed by atoms with Crippen LogP contribution in [0.5, 0.6) is 5.75 Å². The topological polar surface area (TPSA) is 123 Å². The lowest BCUT2D eigenvalue weighted by atomic mass is 10.0. The van der Waals surface area contributed by atoms with Gasteiger partial charge in [-0.3, -0.25) is 14.4 Å². The van der Waals surface area contributed by atoms with Crippen LogP contribution in [0.2, 0.25) is 0 Å². The van der Waals surface area contributed by atoms with Crippen LogP contribution in [0.25, 0.3) is 0 Å². The molecule has 4 rings (SSSR count). The van der Waals surface area contributed by atoms with E-state index in [-0.39, 0.29) is 25.0 Å². The first-order valence-electron chi connectivity index (χ1n) is 14.0. The number of amides is 4. The predicted octanol–water partition coefficient (Wildman–Crippen LogP) is 2.63. The summed E-state index contributed by atoms with van der Waals surface area (Å²) in [4.78, 5) is 55.5. The number of carboxylic acid groups (broad SMARTS) is 1. The summed E-state index contributed by atoms with van der Waals surface area (Å²) < 4.78 is 5.22. The van der Waals surface area contributed by atoms with Crippen molar-refractivity contribution in [1.29, 1.82) is 0 Å². The van der Waals surface area contributed by atoms with Crippen molar-refractivity contribution in [3.8, 4) is 5.75 Å². The Labute approximate surface area is 240 Å². The molecule has 2 fully saturated rings. The minimum absolute atomic E-state index is 0.0719. The van der Waals surface area contributed by atoms with E-state index in [9.17, 15) is 24.3 Å². The van der Waals surface area contributed by atoms with Gasteiger partial charge in [0.1, 0.15) is 18.0 Å². The van der Waals surface area contributed by atoms with Gasteiger partial charge in [0.05, 0.1) is 26.6 Å². The van der Waals surface area contributed by atoms with E-state index < -0.39 is 30.5 Å². The summed E-state index contributed by atoms with van der Waals surface area (Å²) in [6.45, 7) is 5.01. The van der Waals surface area contributed by atoms with Gasteiger partial charge in [0.25, 0.3) is 0 Å². The molecule has 1 unspecified atom stereocenters. The molecule has 2 heterocycles. The van der Waals surface area contributed by atoms with E-state index in [0.29, 0.717) is 26.1 Å². The zero-order valence-corrected chi connectivity index (χ0v) is 23.9. The molecule has 2 saturated heterocycles. The number of piperazine rings is 1. The number of fused-ring (bicyclic) bond motifs is 1. The van der Waals surface area contributed by atoms with Gasteiger partial charge in [-0.15, -0.1) is 0 Å². The van der Waals surface area contributed by atoms with Crippen molar-refractivity contribution < 1.29 is 29.0 Å². The molecular formula is C30H39N5O6. The number of unbranched alkanes of at least 4 members (excludes halogenated alkanes) is 1. The molecule has 2 N–H and O–H groups in total. The first-order valence-corrected chi connectivity index (χ1v) is 14.0. The maximum atomic E-state index is 13.6. The highest BCUT2D eigenvalue weighted by molar-refractivity contribution is 5.93. The van der Waals surface area contributed by atoms with Crippen molar-refractivity contribution in [3.05, 3.63) is 65.2 Å². The molecule has 220 valence electrons. The van der Waals surface area contributed by atoms with Gasteiger partial charge in [0.2, 0.25) is 11.8 Å². The first-order chi connectivity index (χ1) is 19.7. The fourth-order valence-corrected chi connectivity index (χ4v) is 5.31. The molecule has 0 spiro atoms. The molecular weight excluding hydrogens is 526 g/mol. The fraction of sp³-hybridized carbons (Fsp3) is 0.467. The van der Waals surface area contributed by atoms with Crippen molar-refractivity contribution in [2.24, 2.45) is 0 Å². The maximum Gasteiger partial charge on any atom is 0.333 e. The normalized spacial score (nSPS) is 19.2. The van der Waals surface area contributed by atoms with Gasteiger partial charge < -0.3 is 25.0 Å². The minimum atomic E-state index is -1.21. The predicted molar refractivity (Wildman–Crippen MR) is 152 cm³/mol. The molecule has 2 aromatic carbocycles. The summed E-state index contributed by atoms with van der Waals surface area (Å²) in [6, 6.07) is 13.8. The van der Waals surface area contributed by atoms with E-state index in [1.54, 1.807) is 17.0 Å². The molecule has 2 aromatic rings. The minimum Gasteiger partial charge on any atom is -0.497 e. The molecule has 41 heavy (non-hydrogen) atoms. The number of aliphatic carboxylic acids is 1. The number of ether oxygens (including phenoxy) is 1. The van der Waals surface area contributed by atoms with Crippen LogP contribution in [-0.2, 0) is 27.3 Å². The lowest BCUT2D eigenvalue weighted by Crippen LogP contribution is -2.76. The number of carboxylic acids is 1. The van der Waals surface area contributed by atoms with Gasteiger partial charge in [0.15, 0.2) is 0 Å². The molecule has 2 aliphatic rings. The standard InChI is InChI=1S/C30H39N5O6/c1-4-5-15-31-30(40)35-26-19-32(16-14-22-10-12-24(41-3)13-11-22)29(39)25(17-28(37)38)34(26)27(36)20-33(35)18-23-8-6-21(2)7-9-23/h6-13,25-26H,4-5,14-20H2,1-3H3,(H,31,40)(H,37,38)/t25-,26?/m0/s1. The number of nitrogens with one attached hydrogen (secondary N) is 1. The van der Waals surface area contributed by atoms with Crippen molar-refractivity contribution in [3.63, 3.8) is 0 Å². The van der Waals surface area contributed by atoms with Crippen LogP contribution in [0.3, 0.4) is 0 Å². The number of methoxy groups -OCH3 is 1. The number of hydrogen-bond donors (Lipinski definition) is 2. The van der Waals surface area contributed by atoms with Gasteiger partial charge >= 0.3 is 12.0 Å². The third kappa shape index (κ3) is 7.15. The lowest BCUT2D eigenvalue weighted by molar-refractivity contribution is -0.193. The Hall–Kier alpha value is -4.12. The second-order valence-electron chi connectivity index (χ2n) is 10.5. The van der Waals surface area contributed by atoms with E-state index in [0.717, 1.165) is 35.3 Å². The number of carbonyl (C=O) groups excluding carboxylic acids is 3. The van der Waals surface area contributed by atoms with Gasteiger partial charge in [-0.2, -0.15) is 0 Å². The smallest absolute Gasteiger partial charge is 0.333 e. The summed E-state index contributed by atoms with van der Waals surface area (Å²) in [5.41, 5.74) is 3.00. The van der Waals surface area contributed by atoms with Crippen LogP contribution in [-0.4, -0.2) is 94.2 Å². The Kier molecular flexibility index (Phi) is 9.82. The number of carbonyl (C=O) groups is 4. The highest BCUT2D eigenvalue weighted by atomic mass is 16.5. The second-order valence-corrected chi connectivity index (χ2v) is 10.5. The van der Waals surface area contributed by atoms with Crippen LogP contribution in [0.4, 0.5) is 4.79 Å². The van der Waals surface area contributed by atoms with E-state index >= 15 is 0 Å². The zero-order valence-electron chi connectivity index (χ0n) is 23.9. The van der Waals surface area contributed by atoms with Crippen LogP contribution < -0.4 is 10.1 Å². The molecule has 11 heteroatoms. The molecule has 0 aliphatic carbocycles. The third-order valence-corrected chi connectivity index (χ3v) is 7.53. The second kappa shape index (κ2) is 13.5. The molecule has 0 aromatic heterocycles. The zero-order chi connectivity index (χ0) is 29.5. The van der Waals surface area contributed by atoms with Crippen molar-refractivity contribution in [2.75, 3.05) is 33.3 Å². The fourth-order valence-electron chi connectivity index (χ4n) is 5.31. The summed E-state index contributed by atoms with van der Waals surface area (Å²) in [7, 11) is 1.59. The number of nitrogens with zero attached hydrogens (tertiary/aromatic N) is 4. The number of hydrogen-bond acceptors (Lipinski definition) is 6. The monoisotopic (exact) mass is 565 g/mol. The number of benzene rings is 2. The maximum absolute atomic E-state index is 13.6. The van der Waals surface area contributed by atoms with E-state index in [2.05, 4.69) is 5.32 Å². The molecule has 4 amide bonds. The summed E-state index contributed by atoms with van der Waals surface area (Å²) >= 11 is 0. The Morgan fingerprint density at radius 2 is 1.73 bits per heavy atom. The van der Waals surface area contributed by atoms with Gasteiger partial charge in [-0.05, 0) is 43.0 Å². The molecule has 0 bridgehead atoms. The summed E-state index contributed by atoms with van der Waals surface area (Å²) in [5.74, 6) is -1.27. The lowest BCUT2D eigenvalue weighted by Gasteiger charge is -2.55. The first kappa shape index (κ1) is 29.9. The molecule has 11 nitrogen and oxygen atoms in total. The van der Waals surface area contributed by atoms with Gasteiger partial charge in [-0.25, -0.2) is 14.8 Å². The van der Waals surface area contributed by atoms with Crippen LogP contribution >= 0.6 is 0 Å². The largest absolute Gasteiger partial charge is 0.497 e. The number of rotatable bonds is 11. The third-order valence-electron chi connectivity index (χ3n) is 7.53. The van der Waals surface area contributed by atoms with Crippen LogP contribution in [0.15, 0.2) is 48.5 Å². The number of aryl methyl sites for hydroxylation is 1. The van der Waals surface area contributed by atoms with E-state index in [1.165, 1.54) is 9.91 Å². The van der Waals surface area contributed by atoms with Crippen molar-refractivity contribution >= 4 is 23.8 Å². The Morgan fingerprint density at radius 3 is 2.37 bits per heavy atom. The van der Waals surface area contributed by atoms with Crippen molar-refractivity contribution in [1.82, 2.24) is 25.1 Å². The van der Waals surface area contributed by atoms with Crippen molar-refractivity contribution in [2.45, 2.75) is 58.3 Å². The Bertz CT molecular complexity index is 1230. The Morgan fingerprint density at radius 1 is 1.05 bits per heavy atom. The van der Waals surface area contributed by atoms with Crippen LogP contribution in [0, 0.1) is 6.92 Å². The molecule has 2 aliphatic heterocycles. The van der Waals surface area contributed by atoms with Gasteiger partial charge in [-0.1, -0.05) is 55.3 Å².